The summed E-state index contributed by atoms with van der Waals surface area (Å²) in [7, 11) is -7.90. The van der Waals surface area contributed by atoms with Gasteiger partial charge < -0.3 is 24.3 Å². The molecular formula is C6H16O7P2. The molecule has 0 heterocycles. The first-order valence-corrected chi connectivity index (χ1v) is 7.97. The first kappa shape index (κ1) is 15.3. The van der Waals surface area contributed by atoms with Gasteiger partial charge in [-0.25, -0.2) is 0 Å². The van der Waals surface area contributed by atoms with Crippen LogP contribution in [0.25, 0.3) is 0 Å². The van der Waals surface area contributed by atoms with Crippen LogP contribution in [0.1, 0.15) is 12.8 Å². The monoisotopic (exact) mass is 262 g/mol. The van der Waals surface area contributed by atoms with Crippen molar-refractivity contribution in [2.75, 3.05) is 25.5 Å². The van der Waals surface area contributed by atoms with Gasteiger partial charge in [-0.05, 0) is 12.8 Å². The Kier molecular flexibility index (Phi) is 6.88. The van der Waals surface area contributed by atoms with Gasteiger partial charge in [-0.1, -0.05) is 0 Å². The Hall–Kier alpha value is 0.260. The summed E-state index contributed by atoms with van der Waals surface area (Å²) in [5, 5.41) is 0. The highest BCUT2D eigenvalue weighted by molar-refractivity contribution is 7.52. The van der Waals surface area contributed by atoms with Gasteiger partial charge >= 0.3 is 15.2 Å². The van der Waals surface area contributed by atoms with Crippen molar-refractivity contribution >= 4 is 15.2 Å². The summed E-state index contributed by atoms with van der Waals surface area (Å²) in [6, 6.07) is 0. The molecule has 0 unspecified atom stereocenters. The summed E-state index contributed by atoms with van der Waals surface area (Å²) in [6.45, 7) is 0.374. The minimum Gasteiger partial charge on any atom is -0.381 e. The Morgan fingerprint density at radius 3 is 1.40 bits per heavy atom. The Morgan fingerprint density at radius 1 is 0.800 bits per heavy atom. The summed E-state index contributed by atoms with van der Waals surface area (Å²) >= 11 is 0. The quantitative estimate of drug-likeness (QED) is 0.362. The van der Waals surface area contributed by atoms with Crippen molar-refractivity contribution in [3.63, 3.8) is 0 Å². The third-order valence-corrected chi connectivity index (χ3v) is 3.27. The molecule has 0 fully saturated rings. The largest absolute Gasteiger partial charge is 0.381 e. The van der Waals surface area contributed by atoms with E-state index in [1.807, 2.05) is 0 Å². The minimum atomic E-state index is -3.95. The van der Waals surface area contributed by atoms with Crippen LogP contribution < -0.4 is 0 Å². The second-order valence-electron chi connectivity index (χ2n) is 3.10. The van der Waals surface area contributed by atoms with Crippen molar-refractivity contribution in [1.82, 2.24) is 0 Å². The van der Waals surface area contributed by atoms with E-state index < -0.39 is 15.2 Å². The fourth-order valence-electron chi connectivity index (χ4n) is 0.847. The molecule has 0 radical (unpaired) electrons. The molecule has 0 amide bonds. The predicted octanol–water partition coefficient (Wildman–Crippen LogP) is 0.139. The molecule has 0 atom stereocenters. The van der Waals surface area contributed by atoms with Crippen LogP contribution in [0.5, 0.6) is 0 Å². The van der Waals surface area contributed by atoms with Gasteiger partial charge in [0.05, 0.1) is 12.3 Å². The Bertz CT molecular complexity index is 228. The van der Waals surface area contributed by atoms with Crippen molar-refractivity contribution in [2.24, 2.45) is 0 Å². The second kappa shape index (κ2) is 6.76. The minimum absolute atomic E-state index is 0.187. The van der Waals surface area contributed by atoms with Crippen molar-refractivity contribution < 1.29 is 33.4 Å². The highest BCUT2D eigenvalue weighted by Gasteiger charge is 2.12. The zero-order valence-electron chi connectivity index (χ0n) is 8.15. The van der Waals surface area contributed by atoms with Crippen molar-refractivity contribution in [2.45, 2.75) is 12.8 Å². The van der Waals surface area contributed by atoms with Crippen molar-refractivity contribution in [3.8, 4) is 0 Å². The molecule has 7 nitrogen and oxygen atoms in total. The zero-order valence-corrected chi connectivity index (χ0v) is 9.94. The van der Waals surface area contributed by atoms with E-state index >= 15 is 0 Å². The molecule has 0 spiro atoms. The van der Waals surface area contributed by atoms with Crippen LogP contribution >= 0.6 is 15.2 Å². The smallest absolute Gasteiger partial charge is 0.325 e. The standard InChI is InChI=1S/C6H16O7P2/c7-14(8,9)5-1-3-13-4-2-6-15(10,11)12/h1-6H2,(H2,7,8,9)(H2,10,11,12). The SMILES string of the molecule is O=P(O)(O)CCCOCCCP(=O)(O)O. The van der Waals surface area contributed by atoms with Crippen LogP contribution in [0.15, 0.2) is 0 Å². The van der Waals surface area contributed by atoms with E-state index in [0.717, 1.165) is 0 Å². The molecular weight excluding hydrogens is 246 g/mol. The summed E-state index contributed by atoms with van der Waals surface area (Å²) in [5.74, 6) is 0. The van der Waals surface area contributed by atoms with Gasteiger partial charge in [0.2, 0.25) is 0 Å². The van der Waals surface area contributed by atoms with Gasteiger partial charge in [-0.15, -0.1) is 0 Å². The van der Waals surface area contributed by atoms with E-state index in [2.05, 4.69) is 0 Å². The maximum Gasteiger partial charge on any atom is 0.325 e. The average Bonchev–Trinajstić information content (AvgIpc) is 1.98. The molecule has 0 aromatic heterocycles. The maximum absolute atomic E-state index is 10.4. The van der Waals surface area contributed by atoms with E-state index in [1.54, 1.807) is 0 Å². The van der Waals surface area contributed by atoms with Crippen LogP contribution in [0.3, 0.4) is 0 Å². The van der Waals surface area contributed by atoms with Crippen LogP contribution in [0, 0.1) is 0 Å². The summed E-state index contributed by atoms with van der Waals surface area (Å²) in [5.41, 5.74) is 0. The highest BCUT2D eigenvalue weighted by Crippen LogP contribution is 2.35. The van der Waals surface area contributed by atoms with E-state index in [9.17, 15) is 9.13 Å². The topological polar surface area (TPSA) is 124 Å². The maximum atomic E-state index is 10.4. The van der Waals surface area contributed by atoms with Crippen LogP contribution in [-0.2, 0) is 13.9 Å². The molecule has 15 heavy (non-hydrogen) atoms. The van der Waals surface area contributed by atoms with Crippen molar-refractivity contribution in [3.05, 3.63) is 0 Å². The van der Waals surface area contributed by atoms with E-state index in [-0.39, 0.29) is 38.4 Å². The lowest BCUT2D eigenvalue weighted by atomic mass is 10.5. The highest BCUT2D eigenvalue weighted by atomic mass is 31.2. The van der Waals surface area contributed by atoms with Gasteiger partial charge in [-0.3, -0.25) is 9.13 Å². The fourth-order valence-corrected chi connectivity index (χ4v) is 1.93. The first-order chi connectivity index (χ1) is 6.71. The Labute approximate surface area is 87.8 Å². The molecule has 4 N–H and O–H groups in total. The van der Waals surface area contributed by atoms with Crippen LogP contribution in [0.2, 0.25) is 0 Å². The molecule has 0 rings (SSSR count). The number of hydrogen-bond acceptors (Lipinski definition) is 3. The molecule has 0 saturated heterocycles. The molecule has 0 aliphatic carbocycles. The van der Waals surface area contributed by atoms with Gasteiger partial charge in [0.1, 0.15) is 0 Å². The second-order valence-corrected chi connectivity index (χ2v) is 6.65. The number of ether oxygens (including phenoxy) is 1. The molecule has 9 heteroatoms. The predicted molar refractivity (Wildman–Crippen MR) is 53.9 cm³/mol. The number of hydrogen-bond donors (Lipinski definition) is 4. The van der Waals surface area contributed by atoms with Crippen LogP contribution in [0.4, 0.5) is 0 Å². The summed E-state index contributed by atoms with van der Waals surface area (Å²) in [4.78, 5) is 33.9. The Morgan fingerprint density at radius 2 is 1.13 bits per heavy atom. The summed E-state index contributed by atoms with van der Waals surface area (Å²) in [6.07, 6.45) is 0.0113. The van der Waals surface area contributed by atoms with Crippen molar-refractivity contribution in [1.29, 1.82) is 0 Å². The van der Waals surface area contributed by atoms with E-state index in [1.165, 1.54) is 0 Å². The van der Waals surface area contributed by atoms with Gasteiger partial charge in [0.25, 0.3) is 0 Å². The molecule has 0 bridgehead atoms. The van der Waals surface area contributed by atoms with Gasteiger partial charge in [0, 0.05) is 13.2 Å². The normalized spacial score (nSPS) is 13.1. The molecule has 92 valence electrons. The molecule has 0 aliphatic rings. The van der Waals surface area contributed by atoms with Crippen LogP contribution in [-0.4, -0.2) is 45.1 Å². The molecule has 0 aromatic rings. The Balaban J connectivity index is 3.27. The van der Waals surface area contributed by atoms with E-state index in [4.69, 9.17) is 24.3 Å². The fraction of sp³-hybridized carbons (Fsp3) is 1.00. The lowest BCUT2D eigenvalue weighted by Crippen LogP contribution is -2.02. The molecule has 0 aromatic carbocycles. The van der Waals surface area contributed by atoms with E-state index in [0.29, 0.717) is 0 Å². The molecule has 0 aliphatic heterocycles. The number of rotatable bonds is 8. The van der Waals surface area contributed by atoms with Gasteiger partial charge in [0.15, 0.2) is 0 Å². The average molecular weight is 262 g/mol. The first-order valence-electron chi connectivity index (χ1n) is 4.37. The zero-order chi connectivity index (χ0) is 11.9. The third kappa shape index (κ3) is 14.3. The summed E-state index contributed by atoms with van der Waals surface area (Å²) < 4.78 is 25.7. The molecule has 0 saturated carbocycles. The lowest BCUT2D eigenvalue weighted by Gasteiger charge is -2.06. The lowest BCUT2D eigenvalue weighted by molar-refractivity contribution is 0.134. The van der Waals surface area contributed by atoms with Gasteiger partial charge in [-0.2, -0.15) is 0 Å². The third-order valence-electron chi connectivity index (χ3n) is 1.48.